The Kier molecular flexibility index (Phi) is 5.64. The van der Waals surface area contributed by atoms with Gasteiger partial charge >= 0.3 is 0 Å². The Bertz CT molecular complexity index is 584. The van der Waals surface area contributed by atoms with Gasteiger partial charge in [0.25, 0.3) is 5.91 Å². The van der Waals surface area contributed by atoms with Crippen LogP contribution in [0.5, 0.6) is 11.5 Å². The van der Waals surface area contributed by atoms with Gasteiger partial charge in [-0.05, 0) is 37.1 Å². The number of thioether (sulfide) groups is 1. The van der Waals surface area contributed by atoms with Crippen molar-refractivity contribution in [2.45, 2.75) is 20.3 Å². The Hall–Kier alpha value is -1.53. The molecule has 0 bridgehead atoms. The lowest BCUT2D eigenvalue weighted by molar-refractivity contribution is -0.115. The minimum atomic E-state index is -0.158. The van der Waals surface area contributed by atoms with Crippen molar-refractivity contribution in [2.75, 3.05) is 13.2 Å². The Morgan fingerprint density at radius 2 is 2.10 bits per heavy atom. The number of carbonyl (C=O) groups excluding carboxylic acids is 1. The molecule has 1 aromatic carbocycles. The lowest BCUT2D eigenvalue weighted by Crippen LogP contribution is -2.17. The van der Waals surface area contributed by atoms with Crippen LogP contribution in [0.4, 0.5) is 0 Å². The van der Waals surface area contributed by atoms with Crippen LogP contribution in [0.15, 0.2) is 23.1 Å². The lowest BCUT2D eigenvalue weighted by Gasteiger charge is -2.12. The second-order valence-electron chi connectivity index (χ2n) is 4.34. The number of nitrogens with one attached hydrogen (secondary N) is 1. The summed E-state index contributed by atoms with van der Waals surface area (Å²) in [6.45, 7) is 5.18. The minimum Gasteiger partial charge on any atom is -0.490 e. The molecule has 0 atom stereocenters. The summed E-state index contributed by atoms with van der Waals surface area (Å²) < 4.78 is 11.7. The molecule has 0 unspecified atom stereocenters. The fraction of sp³-hybridized carbons (Fsp3) is 0.333. The fourth-order valence-electron chi connectivity index (χ4n) is 1.79. The van der Waals surface area contributed by atoms with Crippen LogP contribution in [0.25, 0.3) is 6.08 Å². The van der Waals surface area contributed by atoms with Crippen molar-refractivity contribution in [1.29, 1.82) is 0 Å². The van der Waals surface area contributed by atoms with E-state index in [1.807, 2.05) is 25.1 Å². The van der Waals surface area contributed by atoms with Crippen LogP contribution in [-0.4, -0.2) is 23.4 Å². The van der Waals surface area contributed by atoms with E-state index in [2.05, 4.69) is 12.2 Å². The van der Waals surface area contributed by atoms with Gasteiger partial charge in [0.1, 0.15) is 4.32 Å². The van der Waals surface area contributed by atoms with Crippen molar-refractivity contribution in [2.24, 2.45) is 0 Å². The third-order valence-corrected chi connectivity index (χ3v) is 3.83. The maximum Gasteiger partial charge on any atom is 0.263 e. The van der Waals surface area contributed by atoms with Gasteiger partial charge < -0.3 is 14.8 Å². The molecule has 6 heteroatoms. The molecule has 0 aromatic heterocycles. The zero-order valence-corrected chi connectivity index (χ0v) is 13.6. The first-order chi connectivity index (χ1) is 10.1. The molecule has 112 valence electrons. The largest absolute Gasteiger partial charge is 0.490 e. The fourth-order valence-corrected chi connectivity index (χ4v) is 2.83. The number of hydrogen-bond donors (Lipinski definition) is 1. The normalized spacial score (nSPS) is 16.2. The Balaban J connectivity index is 2.25. The highest BCUT2D eigenvalue weighted by molar-refractivity contribution is 8.26. The smallest absolute Gasteiger partial charge is 0.263 e. The molecule has 1 N–H and O–H groups in total. The third-order valence-electron chi connectivity index (χ3n) is 2.67. The van der Waals surface area contributed by atoms with Crippen LogP contribution < -0.4 is 14.8 Å². The van der Waals surface area contributed by atoms with Crippen molar-refractivity contribution in [1.82, 2.24) is 5.32 Å². The van der Waals surface area contributed by atoms with E-state index in [-0.39, 0.29) is 5.91 Å². The molecule has 1 heterocycles. The number of ether oxygens (including phenoxy) is 2. The highest BCUT2D eigenvalue weighted by atomic mass is 32.2. The predicted octanol–water partition coefficient (Wildman–Crippen LogP) is 3.36. The van der Waals surface area contributed by atoms with Crippen molar-refractivity contribution in [3.63, 3.8) is 0 Å². The van der Waals surface area contributed by atoms with Crippen molar-refractivity contribution >= 4 is 40.3 Å². The average molecular weight is 323 g/mol. The molecule has 1 aliphatic heterocycles. The molecule has 2 rings (SSSR count). The van der Waals surface area contributed by atoms with Gasteiger partial charge in [0, 0.05) is 0 Å². The quantitative estimate of drug-likeness (QED) is 0.642. The standard InChI is InChI=1S/C15H17NO3S2/c1-3-7-19-11-6-5-10(8-12(11)18-4-2)9-13-14(17)16-15(20)21-13/h5-6,8-9H,3-4,7H2,1-2H3,(H,16,17,20). The zero-order valence-electron chi connectivity index (χ0n) is 12.0. The van der Waals surface area contributed by atoms with Crippen LogP contribution in [0.3, 0.4) is 0 Å². The van der Waals surface area contributed by atoms with Gasteiger partial charge in [0.05, 0.1) is 18.1 Å². The summed E-state index contributed by atoms with van der Waals surface area (Å²) in [6.07, 6.45) is 2.73. The van der Waals surface area contributed by atoms with E-state index in [4.69, 9.17) is 21.7 Å². The molecule has 0 saturated carbocycles. The van der Waals surface area contributed by atoms with E-state index in [9.17, 15) is 4.79 Å². The molecule has 0 aliphatic carbocycles. The number of benzene rings is 1. The molecule has 1 amide bonds. The van der Waals surface area contributed by atoms with Crippen LogP contribution in [-0.2, 0) is 4.79 Å². The van der Waals surface area contributed by atoms with E-state index >= 15 is 0 Å². The van der Waals surface area contributed by atoms with Gasteiger partial charge in [-0.2, -0.15) is 0 Å². The second-order valence-corrected chi connectivity index (χ2v) is 6.06. The zero-order chi connectivity index (χ0) is 15.2. The third kappa shape index (κ3) is 4.22. The van der Waals surface area contributed by atoms with Gasteiger partial charge in [-0.15, -0.1) is 0 Å². The number of amides is 1. The van der Waals surface area contributed by atoms with Gasteiger partial charge in [-0.1, -0.05) is 37.0 Å². The molecule has 21 heavy (non-hydrogen) atoms. The summed E-state index contributed by atoms with van der Waals surface area (Å²) in [6, 6.07) is 5.63. The molecule has 1 aromatic rings. The number of carbonyl (C=O) groups is 1. The summed E-state index contributed by atoms with van der Waals surface area (Å²) in [7, 11) is 0. The number of thiocarbonyl (C=S) groups is 1. The molecule has 0 radical (unpaired) electrons. The average Bonchev–Trinajstić information content (AvgIpc) is 2.76. The second kappa shape index (κ2) is 7.47. The molecular formula is C15H17NO3S2. The van der Waals surface area contributed by atoms with Crippen LogP contribution in [0, 0.1) is 0 Å². The number of rotatable bonds is 6. The van der Waals surface area contributed by atoms with Crippen LogP contribution >= 0.6 is 24.0 Å². The molecule has 4 nitrogen and oxygen atoms in total. The van der Waals surface area contributed by atoms with Crippen molar-refractivity contribution in [3.05, 3.63) is 28.7 Å². The topological polar surface area (TPSA) is 47.6 Å². The first-order valence-corrected chi connectivity index (χ1v) is 8.01. The van der Waals surface area contributed by atoms with E-state index in [1.54, 1.807) is 6.08 Å². The predicted molar refractivity (Wildman–Crippen MR) is 89.7 cm³/mol. The molecule has 1 saturated heterocycles. The molecule has 1 aliphatic rings. The summed E-state index contributed by atoms with van der Waals surface area (Å²) in [5.74, 6) is 1.25. The first-order valence-electron chi connectivity index (χ1n) is 6.78. The van der Waals surface area contributed by atoms with Gasteiger partial charge in [0.15, 0.2) is 11.5 Å². The van der Waals surface area contributed by atoms with Crippen molar-refractivity contribution in [3.8, 4) is 11.5 Å². The highest BCUT2D eigenvalue weighted by Gasteiger charge is 2.22. The minimum absolute atomic E-state index is 0.158. The monoisotopic (exact) mass is 323 g/mol. The summed E-state index contributed by atoms with van der Waals surface area (Å²) >= 11 is 6.24. The Morgan fingerprint density at radius 3 is 2.71 bits per heavy atom. The number of hydrogen-bond acceptors (Lipinski definition) is 5. The first kappa shape index (κ1) is 15.9. The van der Waals surface area contributed by atoms with E-state index in [1.165, 1.54) is 11.8 Å². The maximum absolute atomic E-state index is 11.7. The van der Waals surface area contributed by atoms with E-state index < -0.39 is 0 Å². The summed E-state index contributed by atoms with van der Waals surface area (Å²) in [5, 5.41) is 2.60. The molecule has 1 fully saturated rings. The Morgan fingerprint density at radius 1 is 1.29 bits per heavy atom. The lowest BCUT2D eigenvalue weighted by atomic mass is 10.2. The Labute approximate surface area is 133 Å². The van der Waals surface area contributed by atoms with Crippen molar-refractivity contribution < 1.29 is 14.3 Å². The maximum atomic E-state index is 11.7. The van der Waals surface area contributed by atoms with Gasteiger partial charge in [0.2, 0.25) is 0 Å². The van der Waals surface area contributed by atoms with Gasteiger partial charge in [-0.25, -0.2) is 0 Å². The summed E-state index contributed by atoms with van der Waals surface area (Å²) in [5.41, 5.74) is 0.879. The van der Waals surface area contributed by atoms with Gasteiger partial charge in [-0.3, -0.25) is 4.79 Å². The SMILES string of the molecule is CCCOc1ccc(C=C2SC(=S)NC2=O)cc1OCC. The summed E-state index contributed by atoms with van der Waals surface area (Å²) in [4.78, 5) is 12.3. The molecular weight excluding hydrogens is 306 g/mol. The van der Waals surface area contributed by atoms with Crippen LogP contribution in [0.1, 0.15) is 25.8 Å². The van der Waals surface area contributed by atoms with E-state index in [0.29, 0.717) is 28.2 Å². The molecule has 0 spiro atoms. The van der Waals surface area contributed by atoms with Crippen LogP contribution in [0.2, 0.25) is 0 Å². The highest BCUT2D eigenvalue weighted by Crippen LogP contribution is 2.31. The van der Waals surface area contributed by atoms with E-state index in [0.717, 1.165) is 17.7 Å².